The minimum absolute atomic E-state index is 0.0262. The van der Waals surface area contributed by atoms with E-state index in [2.05, 4.69) is 19.9 Å². The topological polar surface area (TPSA) is 114 Å². The molecule has 0 aliphatic rings. The third kappa shape index (κ3) is 5.36. The van der Waals surface area contributed by atoms with E-state index in [9.17, 15) is 13.5 Å². The molecule has 2 N–H and O–H groups in total. The highest BCUT2D eigenvalue weighted by molar-refractivity contribution is 7.93. The number of nitrogens with one attached hydrogen (secondary N) is 1. The second kappa shape index (κ2) is 8.95. The molecule has 1 aromatic heterocycles. The summed E-state index contributed by atoms with van der Waals surface area (Å²) in [6.45, 7) is 2.19. The average molecular weight is 473 g/mol. The Bertz CT molecular complexity index is 1150. The number of ether oxygens (including phenoxy) is 1. The van der Waals surface area contributed by atoms with Crippen molar-refractivity contribution < 1.29 is 18.3 Å². The van der Waals surface area contributed by atoms with Gasteiger partial charge in [-0.1, -0.05) is 28.3 Å². The van der Waals surface area contributed by atoms with Crippen LogP contribution < -0.4 is 9.46 Å². The van der Waals surface area contributed by atoms with E-state index >= 15 is 0 Å². The number of anilines is 1. The number of hydrogen-bond donors (Lipinski definition) is 2. The number of halogens is 2. The normalized spacial score (nSPS) is 11.7. The molecule has 0 amide bonds. The van der Waals surface area contributed by atoms with Crippen LogP contribution in [-0.4, -0.2) is 36.5 Å². The third-order valence-electron chi connectivity index (χ3n) is 3.45. The van der Waals surface area contributed by atoms with Crippen molar-refractivity contribution in [2.75, 3.05) is 11.3 Å². The lowest BCUT2D eigenvalue weighted by molar-refractivity contribution is 0.335. The summed E-state index contributed by atoms with van der Waals surface area (Å²) in [6, 6.07) is 8.74. The molecule has 3 aromatic rings. The van der Waals surface area contributed by atoms with E-state index < -0.39 is 10.0 Å². The van der Waals surface area contributed by atoms with E-state index in [0.29, 0.717) is 22.9 Å². The molecule has 0 unspecified atom stereocenters. The minimum Gasteiger partial charge on any atom is -0.506 e. The summed E-state index contributed by atoms with van der Waals surface area (Å²) in [5.41, 5.74) is 0.802. The summed E-state index contributed by atoms with van der Waals surface area (Å²) in [5, 5.41) is 18.2. The molecular formula is C17H14Cl2N4O4S2. The Labute approximate surface area is 180 Å². The van der Waals surface area contributed by atoms with Crippen molar-refractivity contribution in [2.45, 2.75) is 11.8 Å². The molecule has 0 aliphatic carbocycles. The molecule has 0 atom stereocenters. The predicted molar refractivity (Wildman–Crippen MR) is 114 cm³/mol. The standard InChI is InChI=1S/C17H14Cl2N4O4S2/c1-2-27-17-22-21-16(28-17)23-29(25,26)13-5-3-12(4-6-13)20-9-10-7-11(18)8-14(19)15(10)24/h3-9,24H,2H2,1H3,(H,21,23). The van der Waals surface area contributed by atoms with Crippen LogP contribution in [0.25, 0.3) is 0 Å². The SMILES string of the molecule is CCOc1nnc(NS(=O)(=O)c2ccc(N=Cc3cc(Cl)cc(Cl)c3O)cc2)s1. The van der Waals surface area contributed by atoms with Crippen molar-refractivity contribution in [1.82, 2.24) is 10.2 Å². The molecule has 29 heavy (non-hydrogen) atoms. The zero-order valence-electron chi connectivity index (χ0n) is 14.8. The van der Waals surface area contributed by atoms with Gasteiger partial charge in [-0.05, 0) is 54.7 Å². The van der Waals surface area contributed by atoms with Gasteiger partial charge in [-0.25, -0.2) is 8.42 Å². The monoisotopic (exact) mass is 472 g/mol. The fourth-order valence-electron chi connectivity index (χ4n) is 2.15. The first-order chi connectivity index (χ1) is 13.8. The average Bonchev–Trinajstić information content (AvgIpc) is 3.10. The van der Waals surface area contributed by atoms with Crippen LogP contribution in [-0.2, 0) is 10.0 Å². The first kappa shape index (κ1) is 21.3. The maximum atomic E-state index is 12.5. The summed E-state index contributed by atoms with van der Waals surface area (Å²) in [6.07, 6.45) is 1.38. The molecule has 8 nitrogen and oxygen atoms in total. The quantitative estimate of drug-likeness (QED) is 0.489. The zero-order chi connectivity index (χ0) is 21.0. The molecule has 0 bridgehead atoms. The molecule has 0 spiro atoms. The molecule has 2 aromatic carbocycles. The molecule has 0 saturated carbocycles. The highest BCUT2D eigenvalue weighted by Gasteiger charge is 2.17. The Kier molecular flexibility index (Phi) is 6.58. The van der Waals surface area contributed by atoms with Gasteiger partial charge in [0, 0.05) is 16.8 Å². The van der Waals surface area contributed by atoms with E-state index in [1.807, 2.05) is 0 Å². The maximum absolute atomic E-state index is 12.5. The van der Waals surface area contributed by atoms with E-state index in [1.165, 1.54) is 42.6 Å². The predicted octanol–water partition coefficient (Wildman–Crippen LogP) is 4.50. The van der Waals surface area contributed by atoms with Crippen LogP contribution in [0.2, 0.25) is 10.0 Å². The van der Waals surface area contributed by atoms with Crippen LogP contribution in [0.5, 0.6) is 10.9 Å². The van der Waals surface area contributed by atoms with Gasteiger partial charge in [0.05, 0.1) is 22.2 Å². The lowest BCUT2D eigenvalue weighted by Gasteiger charge is -2.05. The van der Waals surface area contributed by atoms with Crippen LogP contribution in [0, 0.1) is 0 Å². The number of nitrogens with zero attached hydrogens (tertiary/aromatic N) is 3. The van der Waals surface area contributed by atoms with Gasteiger partial charge in [0.2, 0.25) is 5.13 Å². The Morgan fingerprint density at radius 1 is 1.24 bits per heavy atom. The van der Waals surface area contributed by atoms with Crippen LogP contribution in [0.15, 0.2) is 46.3 Å². The second-order valence-electron chi connectivity index (χ2n) is 5.49. The summed E-state index contributed by atoms with van der Waals surface area (Å²) in [4.78, 5) is 4.22. The number of aliphatic imine (C=N–C) groups is 1. The summed E-state index contributed by atoms with van der Waals surface area (Å²) in [7, 11) is -3.84. The number of hydrogen-bond acceptors (Lipinski definition) is 8. The third-order valence-corrected chi connectivity index (χ3v) is 6.19. The minimum atomic E-state index is -3.84. The maximum Gasteiger partial charge on any atom is 0.295 e. The molecular weight excluding hydrogens is 459 g/mol. The van der Waals surface area contributed by atoms with E-state index in [1.54, 1.807) is 6.92 Å². The summed E-state index contributed by atoms with van der Waals surface area (Å²) < 4.78 is 32.4. The van der Waals surface area contributed by atoms with Gasteiger partial charge in [0.25, 0.3) is 15.2 Å². The lowest BCUT2D eigenvalue weighted by atomic mass is 10.2. The molecule has 1 heterocycles. The molecule has 152 valence electrons. The fourth-order valence-corrected chi connectivity index (χ4v) is 4.54. The van der Waals surface area contributed by atoms with Crippen LogP contribution in [0.1, 0.15) is 12.5 Å². The largest absolute Gasteiger partial charge is 0.506 e. The Morgan fingerprint density at radius 3 is 2.66 bits per heavy atom. The molecule has 0 saturated heterocycles. The van der Waals surface area contributed by atoms with Gasteiger partial charge in [0.15, 0.2) is 0 Å². The van der Waals surface area contributed by atoms with E-state index in [4.69, 9.17) is 27.9 Å². The van der Waals surface area contributed by atoms with Gasteiger partial charge in [0.1, 0.15) is 5.75 Å². The van der Waals surface area contributed by atoms with Crippen LogP contribution in [0.3, 0.4) is 0 Å². The number of benzene rings is 2. The Morgan fingerprint density at radius 2 is 1.97 bits per heavy atom. The van der Waals surface area contributed by atoms with Crippen molar-refractivity contribution in [3.8, 4) is 10.9 Å². The van der Waals surface area contributed by atoms with Crippen molar-refractivity contribution in [2.24, 2.45) is 4.99 Å². The van der Waals surface area contributed by atoms with Gasteiger partial charge in [-0.2, -0.15) is 0 Å². The highest BCUT2D eigenvalue weighted by Crippen LogP contribution is 2.30. The van der Waals surface area contributed by atoms with E-state index in [-0.39, 0.29) is 26.0 Å². The zero-order valence-corrected chi connectivity index (χ0v) is 18.0. The number of phenols is 1. The van der Waals surface area contributed by atoms with Crippen molar-refractivity contribution >= 4 is 61.6 Å². The molecule has 0 radical (unpaired) electrons. The van der Waals surface area contributed by atoms with Gasteiger partial charge < -0.3 is 9.84 Å². The summed E-state index contributed by atoms with van der Waals surface area (Å²) in [5.74, 6) is -0.147. The van der Waals surface area contributed by atoms with Crippen molar-refractivity contribution in [1.29, 1.82) is 0 Å². The lowest BCUT2D eigenvalue weighted by Crippen LogP contribution is -2.12. The number of rotatable bonds is 7. The Hall–Kier alpha value is -2.40. The Balaban J connectivity index is 1.75. The van der Waals surface area contributed by atoms with Crippen molar-refractivity contribution in [3.05, 3.63) is 52.0 Å². The van der Waals surface area contributed by atoms with Crippen molar-refractivity contribution in [3.63, 3.8) is 0 Å². The number of aromatic hydroxyl groups is 1. The number of sulfonamides is 1. The highest BCUT2D eigenvalue weighted by atomic mass is 35.5. The van der Waals surface area contributed by atoms with E-state index in [0.717, 1.165) is 11.3 Å². The van der Waals surface area contributed by atoms with Crippen LogP contribution >= 0.6 is 34.5 Å². The number of phenolic OH excluding ortho intramolecular Hbond substituents is 1. The fraction of sp³-hybridized carbons (Fsp3) is 0.118. The molecule has 0 fully saturated rings. The van der Waals surface area contributed by atoms with Crippen LogP contribution in [0.4, 0.5) is 10.8 Å². The first-order valence-electron chi connectivity index (χ1n) is 8.10. The van der Waals surface area contributed by atoms with Gasteiger partial charge in [-0.3, -0.25) is 9.71 Å². The van der Waals surface area contributed by atoms with Gasteiger partial charge in [-0.15, -0.1) is 5.10 Å². The summed E-state index contributed by atoms with van der Waals surface area (Å²) >= 11 is 12.8. The molecule has 12 heteroatoms. The molecule has 3 rings (SSSR count). The molecule has 0 aliphatic heterocycles. The second-order valence-corrected chi connectivity index (χ2v) is 8.96. The number of aromatic nitrogens is 2. The smallest absolute Gasteiger partial charge is 0.295 e. The van der Waals surface area contributed by atoms with Gasteiger partial charge >= 0.3 is 0 Å². The first-order valence-corrected chi connectivity index (χ1v) is 11.2.